The van der Waals surface area contributed by atoms with Gasteiger partial charge in [0.2, 0.25) is 0 Å². The average Bonchev–Trinajstić information content (AvgIpc) is 2.06. The van der Waals surface area contributed by atoms with Crippen LogP contribution in [0.15, 0.2) is 12.8 Å². The van der Waals surface area contributed by atoms with E-state index in [9.17, 15) is 0 Å². The van der Waals surface area contributed by atoms with Crippen LogP contribution in [0.2, 0.25) is 0 Å². The van der Waals surface area contributed by atoms with Gasteiger partial charge in [-0.25, -0.2) is 0 Å². The Kier molecular flexibility index (Phi) is 8.10. The van der Waals surface area contributed by atoms with Crippen LogP contribution in [0.3, 0.4) is 0 Å². The van der Waals surface area contributed by atoms with E-state index in [1.54, 1.807) is 0 Å². The number of nitrogens with zero attached hydrogens (tertiary/aromatic N) is 1. The molecule has 0 aromatic carbocycles. The van der Waals surface area contributed by atoms with Gasteiger partial charge >= 0.3 is 0 Å². The Morgan fingerprint density at radius 1 is 1.17 bits per heavy atom. The lowest BCUT2D eigenvalue weighted by Crippen LogP contribution is -2.32. The van der Waals surface area contributed by atoms with Crippen molar-refractivity contribution in [1.82, 2.24) is 4.90 Å². The first-order valence-corrected chi connectivity index (χ1v) is 4.01. The molecule has 0 aliphatic heterocycles. The van der Waals surface area contributed by atoms with Gasteiger partial charge in [-0.15, -0.1) is 0 Å². The van der Waals surface area contributed by atoms with Crippen LogP contribution >= 0.6 is 0 Å². The van der Waals surface area contributed by atoms with Crippen molar-refractivity contribution >= 4 is 0 Å². The third kappa shape index (κ3) is 6.15. The van der Waals surface area contributed by atoms with Crippen LogP contribution in [0, 0.1) is 0 Å². The smallest absolute Gasteiger partial charge is 0.0999 e. The van der Waals surface area contributed by atoms with Crippen molar-refractivity contribution in [3.8, 4) is 0 Å². The lowest BCUT2D eigenvalue weighted by atomic mass is 10.4. The Labute approximate surface area is 73.1 Å². The number of aliphatic hydroxyl groups is 2. The second-order valence-corrected chi connectivity index (χ2v) is 2.33. The lowest BCUT2D eigenvalue weighted by molar-refractivity contribution is 0.129. The minimum Gasteiger partial charge on any atom is -0.500 e. The second-order valence-electron chi connectivity index (χ2n) is 2.33. The molecule has 0 saturated heterocycles. The van der Waals surface area contributed by atoms with E-state index in [1.807, 2.05) is 4.90 Å². The Hall–Kier alpha value is -0.580. The van der Waals surface area contributed by atoms with Gasteiger partial charge in [-0.3, -0.25) is 4.90 Å². The van der Waals surface area contributed by atoms with Crippen molar-refractivity contribution in [3.05, 3.63) is 12.8 Å². The largest absolute Gasteiger partial charge is 0.500 e. The van der Waals surface area contributed by atoms with Crippen LogP contribution in [-0.4, -0.2) is 54.6 Å². The van der Waals surface area contributed by atoms with Crippen LogP contribution in [0.1, 0.15) is 0 Å². The summed E-state index contributed by atoms with van der Waals surface area (Å²) in [7, 11) is 0. The first-order chi connectivity index (χ1) is 5.85. The summed E-state index contributed by atoms with van der Waals surface area (Å²) in [5.41, 5.74) is 0. The predicted molar refractivity (Wildman–Crippen MR) is 46.8 cm³/mol. The fourth-order valence-corrected chi connectivity index (χ4v) is 0.883. The molecular weight excluding hydrogens is 158 g/mol. The van der Waals surface area contributed by atoms with E-state index in [0.717, 1.165) is 0 Å². The van der Waals surface area contributed by atoms with Crippen LogP contribution in [0.25, 0.3) is 0 Å². The zero-order valence-electron chi connectivity index (χ0n) is 7.28. The molecule has 2 N–H and O–H groups in total. The van der Waals surface area contributed by atoms with Crippen LogP contribution in [0.4, 0.5) is 0 Å². The SMILES string of the molecule is C=COCCN(CCO)CCO. The quantitative estimate of drug-likeness (QED) is 0.383. The molecule has 0 fully saturated rings. The average molecular weight is 175 g/mol. The number of ether oxygens (including phenoxy) is 1. The minimum atomic E-state index is 0.105. The lowest BCUT2D eigenvalue weighted by Gasteiger charge is -2.19. The second kappa shape index (κ2) is 8.52. The van der Waals surface area contributed by atoms with Crippen molar-refractivity contribution < 1.29 is 14.9 Å². The number of aliphatic hydroxyl groups excluding tert-OH is 2. The molecule has 4 heteroatoms. The molecule has 0 aliphatic carbocycles. The van der Waals surface area contributed by atoms with Gasteiger partial charge in [0.05, 0.1) is 26.1 Å². The first-order valence-electron chi connectivity index (χ1n) is 4.01. The highest BCUT2D eigenvalue weighted by molar-refractivity contribution is 4.57. The topological polar surface area (TPSA) is 52.9 Å². The molecule has 72 valence electrons. The Bertz CT molecular complexity index is 102. The summed E-state index contributed by atoms with van der Waals surface area (Å²) >= 11 is 0. The van der Waals surface area contributed by atoms with Crippen molar-refractivity contribution in [2.75, 3.05) is 39.5 Å². The van der Waals surface area contributed by atoms with Gasteiger partial charge in [0.1, 0.15) is 0 Å². The summed E-state index contributed by atoms with van der Waals surface area (Å²) < 4.78 is 4.92. The Morgan fingerprint density at radius 2 is 1.75 bits per heavy atom. The molecule has 4 nitrogen and oxygen atoms in total. The maximum atomic E-state index is 8.64. The van der Waals surface area contributed by atoms with E-state index < -0.39 is 0 Å². The molecule has 0 atom stereocenters. The standard InChI is InChI=1S/C8H17NO3/c1-2-12-8-5-9(3-6-10)4-7-11/h2,10-11H,1,3-8H2. The van der Waals surface area contributed by atoms with Gasteiger partial charge in [-0.05, 0) is 0 Å². The van der Waals surface area contributed by atoms with Crippen molar-refractivity contribution in [1.29, 1.82) is 0 Å². The molecule has 0 aromatic heterocycles. The molecule has 0 heterocycles. The molecule has 0 aliphatic rings. The molecule has 0 radical (unpaired) electrons. The summed E-state index contributed by atoms with van der Waals surface area (Å²) in [5, 5.41) is 17.3. The van der Waals surface area contributed by atoms with Gasteiger partial charge in [0.15, 0.2) is 0 Å². The van der Waals surface area contributed by atoms with Gasteiger partial charge < -0.3 is 14.9 Å². The maximum absolute atomic E-state index is 8.64. The first kappa shape index (κ1) is 11.4. The van der Waals surface area contributed by atoms with Gasteiger partial charge in [-0.2, -0.15) is 0 Å². The highest BCUT2D eigenvalue weighted by atomic mass is 16.5. The zero-order valence-corrected chi connectivity index (χ0v) is 7.28. The summed E-state index contributed by atoms with van der Waals surface area (Å²) in [5.74, 6) is 0. The van der Waals surface area contributed by atoms with Gasteiger partial charge in [-0.1, -0.05) is 6.58 Å². The number of hydrogen-bond acceptors (Lipinski definition) is 4. The fraction of sp³-hybridized carbons (Fsp3) is 0.750. The van der Waals surface area contributed by atoms with E-state index in [0.29, 0.717) is 26.2 Å². The van der Waals surface area contributed by atoms with Gasteiger partial charge in [0.25, 0.3) is 0 Å². The summed E-state index contributed by atoms with van der Waals surface area (Å²) in [6.45, 7) is 6.01. The van der Waals surface area contributed by atoms with E-state index in [-0.39, 0.29) is 13.2 Å². The van der Waals surface area contributed by atoms with E-state index in [2.05, 4.69) is 6.58 Å². The predicted octanol–water partition coefficient (Wildman–Crippen LogP) is -0.567. The van der Waals surface area contributed by atoms with E-state index >= 15 is 0 Å². The summed E-state index contributed by atoms with van der Waals surface area (Å²) in [6, 6.07) is 0. The van der Waals surface area contributed by atoms with E-state index in [4.69, 9.17) is 14.9 Å². The molecule has 0 spiro atoms. The zero-order chi connectivity index (χ0) is 9.23. The fourth-order valence-electron chi connectivity index (χ4n) is 0.883. The van der Waals surface area contributed by atoms with Crippen molar-refractivity contribution in [2.24, 2.45) is 0 Å². The van der Waals surface area contributed by atoms with Gasteiger partial charge in [0, 0.05) is 19.6 Å². The van der Waals surface area contributed by atoms with E-state index in [1.165, 1.54) is 6.26 Å². The monoisotopic (exact) mass is 175 g/mol. The molecule has 0 amide bonds. The van der Waals surface area contributed by atoms with Crippen LogP contribution < -0.4 is 0 Å². The normalized spacial score (nSPS) is 10.2. The minimum absolute atomic E-state index is 0.105. The molecule has 0 bridgehead atoms. The third-order valence-corrected chi connectivity index (χ3v) is 1.48. The number of rotatable bonds is 8. The number of hydrogen-bond donors (Lipinski definition) is 2. The molecule has 0 saturated carbocycles. The highest BCUT2D eigenvalue weighted by Gasteiger charge is 2.01. The Balaban J connectivity index is 3.40. The molecule has 0 rings (SSSR count). The van der Waals surface area contributed by atoms with Crippen molar-refractivity contribution in [3.63, 3.8) is 0 Å². The highest BCUT2D eigenvalue weighted by Crippen LogP contribution is 1.87. The molecular formula is C8H17NO3. The third-order valence-electron chi connectivity index (χ3n) is 1.48. The Morgan fingerprint density at radius 3 is 2.17 bits per heavy atom. The summed E-state index contributed by atoms with van der Waals surface area (Å²) in [4.78, 5) is 1.92. The van der Waals surface area contributed by atoms with Crippen molar-refractivity contribution in [2.45, 2.75) is 0 Å². The molecule has 12 heavy (non-hydrogen) atoms. The maximum Gasteiger partial charge on any atom is 0.0999 e. The van der Waals surface area contributed by atoms with Crippen LogP contribution in [0.5, 0.6) is 0 Å². The molecule has 0 aromatic rings. The molecule has 0 unspecified atom stereocenters. The van der Waals surface area contributed by atoms with Crippen LogP contribution in [-0.2, 0) is 4.74 Å². The summed E-state index contributed by atoms with van der Waals surface area (Å²) in [6.07, 6.45) is 1.38.